The average molecular weight is 415 g/mol. The number of pyridine rings is 1. The van der Waals surface area contributed by atoms with Gasteiger partial charge in [0.1, 0.15) is 11.6 Å². The fourth-order valence-corrected chi connectivity index (χ4v) is 2.97. The van der Waals surface area contributed by atoms with Crippen molar-refractivity contribution in [2.75, 3.05) is 10.6 Å². The number of carbonyl (C=O) groups excluding carboxylic acids is 1. The van der Waals surface area contributed by atoms with Gasteiger partial charge in [-0.25, -0.2) is 9.97 Å². The fraction of sp³-hybridized carbons (Fsp3) is 0.130. The van der Waals surface area contributed by atoms with E-state index >= 15 is 0 Å². The van der Waals surface area contributed by atoms with Gasteiger partial charge >= 0.3 is 0 Å². The van der Waals surface area contributed by atoms with Crippen molar-refractivity contribution in [2.24, 2.45) is 0 Å². The quantitative estimate of drug-likeness (QED) is 0.440. The van der Waals surface area contributed by atoms with Gasteiger partial charge in [0.2, 0.25) is 0 Å². The molecule has 0 spiro atoms. The van der Waals surface area contributed by atoms with E-state index in [1.54, 1.807) is 25.3 Å². The van der Waals surface area contributed by atoms with E-state index in [-0.39, 0.29) is 17.2 Å². The molecule has 1 amide bonds. The largest absolute Gasteiger partial charge is 0.459 e. The van der Waals surface area contributed by atoms with Crippen molar-refractivity contribution in [1.29, 1.82) is 0 Å². The Balaban J connectivity index is 1.40. The second kappa shape index (κ2) is 8.66. The lowest BCUT2D eigenvalue weighted by atomic mass is 10.2. The Labute approximate surface area is 178 Å². The lowest BCUT2D eigenvalue weighted by molar-refractivity contribution is 0.0996. The highest BCUT2D eigenvalue weighted by Gasteiger charge is 2.09. The van der Waals surface area contributed by atoms with Crippen LogP contribution in [-0.4, -0.2) is 20.9 Å². The van der Waals surface area contributed by atoms with Gasteiger partial charge in [-0.2, -0.15) is 0 Å². The predicted molar refractivity (Wildman–Crippen MR) is 118 cm³/mol. The molecule has 1 aromatic carbocycles. The molecule has 3 aromatic heterocycles. The first-order valence-electron chi connectivity index (χ1n) is 9.71. The number of amides is 1. The molecule has 0 saturated carbocycles. The minimum absolute atomic E-state index is 0.149. The van der Waals surface area contributed by atoms with E-state index in [1.807, 2.05) is 43.3 Å². The zero-order chi connectivity index (χ0) is 21.8. The van der Waals surface area contributed by atoms with Crippen molar-refractivity contribution in [2.45, 2.75) is 20.4 Å². The summed E-state index contributed by atoms with van der Waals surface area (Å²) in [6, 6.07) is 14.5. The summed E-state index contributed by atoms with van der Waals surface area (Å²) in [4.78, 5) is 35.7. The van der Waals surface area contributed by atoms with Crippen LogP contribution in [0.5, 0.6) is 0 Å². The van der Waals surface area contributed by atoms with Crippen LogP contribution in [0, 0.1) is 13.8 Å². The molecule has 8 heteroatoms. The number of rotatable bonds is 6. The van der Waals surface area contributed by atoms with E-state index in [2.05, 4.69) is 25.6 Å². The van der Waals surface area contributed by atoms with Crippen LogP contribution in [0.25, 0.3) is 11.4 Å². The summed E-state index contributed by atoms with van der Waals surface area (Å²) in [6.45, 7) is 4.08. The highest BCUT2D eigenvalue weighted by atomic mass is 16.3. The lowest BCUT2D eigenvalue weighted by Gasteiger charge is -2.09. The van der Waals surface area contributed by atoms with E-state index in [1.165, 1.54) is 6.26 Å². The van der Waals surface area contributed by atoms with Crippen molar-refractivity contribution in [3.63, 3.8) is 0 Å². The third-order valence-electron chi connectivity index (χ3n) is 4.84. The molecular weight excluding hydrogens is 394 g/mol. The van der Waals surface area contributed by atoms with Gasteiger partial charge in [-0.15, -0.1) is 0 Å². The summed E-state index contributed by atoms with van der Waals surface area (Å²) in [6.07, 6.45) is 3.12. The van der Waals surface area contributed by atoms with E-state index in [9.17, 15) is 9.59 Å². The number of aromatic nitrogens is 3. The van der Waals surface area contributed by atoms with Crippen molar-refractivity contribution in [1.82, 2.24) is 15.0 Å². The van der Waals surface area contributed by atoms with Gasteiger partial charge in [-0.05, 0) is 55.8 Å². The second-order valence-electron chi connectivity index (χ2n) is 7.04. The first kappa shape index (κ1) is 20.1. The van der Waals surface area contributed by atoms with Crippen LogP contribution in [0.3, 0.4) is 0 Å². The molecule has 4 aromatic rings. The number of furan rings is 1. The molecule has 4 rings (SSSR count). The van der Waals surface area contributed by atoms with E-state index in [0.29, 0.717) is 35.1 Å². The van der Waals surface area contributed by atoms with E-state index in [4.69, 9.17) is 4.42 Å². The van der Waals surface area contributed by atoms with Gasteiger partial charge in [-0.3, -0.25) is 9.59 Å². The smallest absolute Gasteiger partial charge is 0.291 e. The Hall–Kier alpha value is -4.20. The highest BCUT2D eigenvalue weighted by molar-refractivity contribution is 6.02. The molecular formula is C23H21N5O3. The number of aromatic amines is 1. The summed E-state index contributed by atoms with van der Waals surface area (Å²) in [5.74, 6) is 1.13. The van der Waals surface area contributed by atoms with E-state index < -0.39 is 0 Å². The van der Waals surface area contributed by atoms with Gasteiger partial charge in [0.15, 0.2) is 5.76 Å². The number of hydrogen-bond acceptors (Lipinski definition) is 6. The van der Waals surface area contributed by atoms with Crippen LogP contribution < -0.4 is 16.2 Å². The monoisotopic (exact) mass is 415 g/mol. The molecule has 156 valence electrons. The Morgan fingerprint density at radius 3 is 2.71 bits per heavy atom. The average Bonchev–Trinajstić information content (AvgIpc) is 3.32. The van der Waals surface area contributed by atoms with Crippen LogP contribution in [0.1, 0.15) is 27.4 Å². The maximum atomic E-state index is 12.1. The molecule has 0 saturated heterocycles. The number of anilines is 2. The number of carbonyl (C=O) groups is 1. The van der Waals surface area contributed by atoms with Crippen molar-refractivity contribution in [3.05, 3.63) is 93.9 Å². The number of aryl methyl sites for hydroxylation is 1. The normalized spacial score (nSPS) is 10.6. The molecule has 0 radical (unpaired) electrons. The minimum atomic E-state index is -0.301. The molecule has 0 atom stereocenters. The van der Waals surface area contributed by atoms with E-state index in [0.717, 1.165) is 11.1 Å². The fourth-order valence-electron chi connectivity index (χ4n) is 2.97. The molecule has 0 aliphatic carbocycles. The Morgan fingerprint density at radius 1 is 1.13 bits per heavy atom. The molecule has 8 nitrogen and oxygen atoms in total. The SMILES string of the molecule is Cc1nc(-c2ccc(NCc3cccc(NC(=O)c4ccco4)c3)nc2)[nH]c(=O)c1C. The minimum Gasteiger partial charge on any atom is -0.459 e. The third kappa shape index (κ3) is 4.69. The third-order valence-corrected chi connectivity index (χ3v) is 4.84. The highest BCUT2D eigenvalue weighted by Crippen LogP contribution is 2.17. The molecule has 3 N–H and O–H groups in total. The molecule has 0 aliphatic rings. The van der Waals surface area contributed by atoms with Crippen LogP contribution in [0.15, 0.2) is 70.2 Å². The summed E-state index contributed by atoms with van der Waals surface area (Å²) in [5, 5.41) is 6.05. The first-order chi connectivity index (χ1) is 15.0. The Kier molecular flexibility index (Phi) is 5.61. The number of nitrogens with zero attached hydrogens (tertiary/aromatic N) is 2. The molecule has 0 aliphatic heterocycles. The summed E-state index contributed by atoms with van der Waals surface area (Å²) < 4.78 is 5.11. The predicted octanol–water partition coefficient (Wildman–Crippen LogP) is 3.91. The molecule has 0 bridgehead atoms. The van der Waals surface area contributed by atoms with Gasteiger partial charge < -0.3 is 20.0 Å². The van der Waals surface area contributed by atoms with Gasteiger partial charge in [-0.1, -0.05) is 12.1 Å². The van der Waals surface area contributed by atoms with Crippen LogP contribution >= 0.6 is 0 Å². The Morgan fingerprint density at radius 2 is 2.00 bits per heavy atom. The zero-order valence-electron chi connectivity index (χ0n) is 17.1. The van der Waals surface area contributed by atoms with Crippen LogP contribution in [-0.2, 0) is 6.54 Å². The molecule has 0 unspecified atom stereocenters. The number of nitrogens with one attached hydrogen (secondary N) is 3. The second-order valence-corrected chi connectivity index (χ2v) is 7.04. The molecule has 0 fully saturated rings. The maximum absolute atomic E-state index is 12.1. The summed E-state index contributed by atoms with van der Waals surface area (Å²) in [5.41, 5.74) is 3.53. The zero-order valence-corrected chi connectivity index (χ0v) is 17.1. The molecule has 3 heterocycles. The maximum Gasteiger partial charge on any atom is 0.291 e. The number of hydrogen-bond donors (Lipinski definition) is 3. The van der Waals surface area contributed by atoms with Gasteiger partial charge in [0.05, 0.1) is 6.26 Å². The van der Waals surface area contributed by atoms with Crippen molar-refractivity contribution < 1.29 is 9.21 Å². The first-order valence-corrected chi connectivity index (χ1v) is 9.71. The van der Waals surface area contributed by atoms with Gasteiger partial charge in [0, 0.05) is 35.2 Å². The van der Waals surface area contributed by atoms with Crippen molar-refractivity contribution in [3.8, 4) is 11.4 Å². The van der Waals surface area contributed by atoms with Crippen LogP contribution in [0.4, 0.5) is 11.5 Å². The van der Waals surface area contributed by atoms with Crippen LogP contribution in [0.2, 0.25) is 0 Å². The van der Waals surface area contributed by atoms with Crippen molar-refractivity contribution >= 4 is 17.4 Å². The number of benzene rings is 1. The summed E-state index contributed by atoms with van der Waals surface area (Å²) in [7, 11) is 0. The topological polar surface area (TPSA) is 113 Å². The van der Waals surface area contributed by atoms with Gasteiger partial charge in [0.25, 0.3) is 11.5 Å². The molecule has 31 heavy (non-hydrogen) atoms. The number of H-pyrrole nitrogens is 1. The summed E-state index contributed by atoms with van der Waals surface area (Å²) >= 11 is 0. The standard InChI is InChI=1S/C23H21N5O3/c1-14-15(2)26-21(28-22(14)29)17-8-9-20(25-13-17)24-12-16-5-3-6-18(11-16)27-23(30)19-7-4-10-31-19/h3-11,13H,12H2,1-2H3,(H,24,25)(H,27,30)(H,26,28,29). The Bertz CT molecular complexity index is 1260. The lowest BCUT2D eigenvalue weighted by Crippen LogP contribution is -2.14.